The molecule has 3 rings (SSSR count). The van der Waals surface area contributed by atoms with Crippen LogP contribution in [0.1, 0.15) is 24.8 Å². The predicted molar refractivity (Wildman–Crippen MR) is 117 cm³/mol. The Morgan fingerprint density at radius 3 is 2.23 bits per heavy atom. The first kappa shape index (κ1) is 23.8. The Morgan fingerprint density at radius 1 is 0.935 bits per heavy atom. The molecule has 1 heterocycles. The molecule has 0 saturated carbocycles. The number of hydrogen-bond donors (Lipinski definition) is 3. The van der Waals surface area contributed by atoms with Gasteiger partial charge in [0.2, 0.25) is 20.0 Å². The fourth-order valence-electron chi connectivity index (χ4n) is 3.57. The maximum atomic E-state index is 12.6. The largest absolute Gasteiger partial charge is 0.394 e. The van der Waals surface area contributed by atoms with E-state index in [2.05, 4.69) is 9.44 Å². The molecule has 0 aromatic heterocycles. The minimum Gasteiger partial charge on any atom is -0.394 e. The number of rotatable bonds is 10. The molecule has 10 heteroatoms. The molecule has 31 heavy (non-hydrogen) atoms. The van der Waals surface area contributed by atoms with E-state index >= 15 is 0 Å². The van der Waals surface area contributed by atoms with E-state index in [0.29, 0.717) is 24.8 Å². The SMILES string of the molecule is O=S(=O)(Cc1ccccc1)NCC[C@@H]1CC[C@@H](NS(=O)(=O)c2ccccc2)[C@H](CO)O1. The monoisotopic (exact) mass is 468 g/mol. The normalized spacial score (nSPS) is 22.3. The van der Waals surface area contributed by atoms with E-state index < -0.39 is 32.2 Å². The van der Waals surface area contributed by atoms with Gasteiger partial charge in [0.15, 0.2) is 0 Å². The van der Waals surface area contributed by atoms with E-state index in [1.165, 1.54) is 12.1 Å². The minimum atomic E-state index is -3.72. The van der Waals surface area contributed by atoms with Crippen LogP contribution < -0.4 is 9.44 Å². The molecule has 170 valence electrons. The molecule has 0 bridgehead atoms. The molecule has 2 aromatic rings. The van der Waals surface area contributed by atoms with Crippen molar-refractivity contribution in [1.82, 2.24) is 9.44 Å². The Hall–Kier alpha value is -1.82. The maximum absolute atomic E-state index is 12.6. The maximum Gasteiger partial charge on any atom is 0.240 e. The van der Waals surface area contributed by atoms with E-state index in [1.54, 1.807) is 42.5 Å². The molecule has 3 N–H and O–H groups in total. The number of benzene rings is 2. The lowest BCUT2D eigenvalue weighted by atomic mass is 9.98. The van der Waals surface area contributed by atoms with Crippen molar-refractivity contribution in [1.29, 1.82) is 0 Å². The number of hydrogen-bond acceptors (Lipinski definition) is 6. The second-order valence-electron chi connectivity index (χ2n) is 7.52. The highest BCUT2D eigenvalue weighted by atomic mass is 32.2. The van der Waals surface area contributed by atoms with Crippen molar-refractivity contribution >= 4 is 20.0 Å². The molecule has 0 unspecified atom stereocenters. The number of aliphatic hydroxyl groups is 1. The van der Waals surface area contributed by atoms with Crippen LogP contribution in [0.3, 0.4) is 0 Å². The fourth-order valence-corrected chi connectivity index (χ4v) is 6.05. The molecular formula is C21H28N2O6S2. The van der Waals surface area contributed by atoms with Gasteiger partial charge in [-0.3, -0.25) is 0 Å². The molecule has 1 aliphatic heterocycles. The molecule has 8 nitrogen and oxygen atoms in total. The highest BCUT2D eigenvalue weighted by molar-refractivity contribution is 7.89. The predicted octanol–water partition coefficient (Wildman–Crippen LogP) is 1.38. The van der Waals surface area contributed by atoms with Crippen LogP contribution in [0, 0.1) is 0 Å². The summed E-state index contributed by atoms with van der Waals surface area (Å²) in [5.41, 5.74) is 0.706. The van der Waals surface area contributed by atoms with Crippen molar-refractivity contribution < 1.29 is 26.7 Å². The van der Waals surface area contributed by atoms with Crippen molar-refractivity contribution in [3.05, 3.63) is 66.2 Å². The van der Waals surface area contributed by atoms with Crippen LogP contribution in [0.5, 0.6) is 0 Å². The highest BCUT2D eigenvalue weighted by Gasteiger charge is 2.33. The molecule has 1 saturated heterocycles. The summed E-state index contributed by atoms with van der Waals surface area (Å²) < 4.78 is 60.6. The summed E-state index contributed by atoms with van der Waals surface area (Å²) in [6, 6.07) is 16.4. The second kappa shape index (κ2) is 10.7. The topological polar surface area (TPSA) is 122 Å². The molecule has 0 spiro atoms. The summed E-state index contributed by atoms with van der Waals surface area (Å²) in [5.74, 6) is -0.0953. The van der Waals surface area contributed by atoms with Crippen molar-refractivity contribution in [2.45, 2.75) is 48.2 Å². The Morgan fingerprint density at radius 2 is 1.58 bits per heavy atom. The van der Waals surface area contributed by atoms with Gasteiger partial charge in [-0.05, 0) is 37.0 Å². The molecule has 0 radical (unpaired) electrons. The second-order valence-corrected chi connectivity index (χ2v) is 11.0. The zero-order valence-electron chi connectivity index (χ0n) is 17.1. The number of aliphatic hydroxyl groups excluding tert-OH is 1. The van der Waals surface area contributed by atoms with Crippen LogP contribution in [-0.4, -0.2) is 53.3 Å². The van der Waals surface area contributed by atoms with Gasteiger partial charge < -0.3 is 9.84 Å². The third kappa shape index (κ3) is 7.09. The summed E-state index contributed by atoms with van der Waals surface area (Å²) >= 11 is 0. The average molecular weight is 469 g/mol. The van der Waals surface area contributed by atoms with E-state index in [9.17, 15) is 21.9 Å². The van der Waals surface area contributed by atoms with Crippen LogP contribution in [0.2, 0.25) is 0 Å². The van der Waals surface area contributed by atoms with Crippen LogP contribution in [0.4, 0.5) is 0 Å². The first-order valence-corrected chi connectivity index (χ1v) is 13.3. The highest BCUT2D eigenvalue weighted by Crippen LogP contribution is 2.23. The van der Waals surface area contributed by atoms with E-state index in [4.69, 9.17) is 4.74 Å². The Labute approximate surface area is 183 Å². The summed E-state index contributed by atoms with van der Waals surface area (Å²) in [7, 11) is -7.19. The Bertz CT molecular complexity index is 1030. The Kier molecular flexibility index (Phi) is 8.20. The van der Waals surface area contributed by atoms with Crippen LogP contribution in [0.25, 0.3) is 0 Å². The lowest BCUT2D eigenvalue weighted by Crippen LogP contribution is -2.51. The molecule has 1 aliphatic rings. The fraction of sp³-hybridized carbons (Fsp3) is 0.429. The molecule has 0 aliphatic carbocycles. The van der Waals surface area contributed by atoms with Gasteiger partial charge in [0.05, 0.1) is 35.5 Å². The summed E-state index contributed by atoms with van der Waals surface area (Å²) in [5, 5.41) is 9.69. The number of nitrogens with one attached hydrogen (secondary N) is 2. The zero-order chi connectivity index (χ0) is 22.3. The summed E-state index contributed by atoms with van der Waals surface area (Å²) in [6.45, 7) is -0.128. The first-order valence-electron chi connectivity index (χ1n) is 10.1. The van der Waals surface area contributed by atoms with E-state index in [0.717, 1.165) is 0 Å². The van der Waals surface area contributed by atoms with Crippen molar-refractivity contribution in [3.63, 3.8) is 0 Å². The minimum absolute atomic E-state index is 0.0953. The quantitative estimate of drug-likeness (QED) is 0.484. The van der Waals surface area contributed by atoms with Gasteiger partial charge in [0.1, 0.15) is 0 Å². The van der Waals surface area contributed by atoms with Gasteiger partial charge in [-0.2, -0.15) is 0 Å². The summed E-state index contributed by atoms with van der Waals surface area (Å²) in [6.07, 6.45) is 0.507. The number of ether oxygens (including phenoxy) is 1. The summed E-state index contributed by atoms with van der Waals surface area (Å²) in [4.78, 5) is 0.154. The van der Waals surface area contributed by atoms with Crippen LogP contribution in [0.15, 0.2) is 65.6 Å². The lowest BCUT2D eigenvalue weighted by Gasteiger charge is -2.36. The van der Waals surface area contributed by atoms with Gasteiger partial charge in [-0.1, -0.05) is 48.5 Å². The zero-order valence-corrected chi connectivity index (χ0v) is 18.7. The van der Waals surface area contributed by atoms with Crippen molar-refractivity contribution in [3.8, 4) is 0 Å². The van der Waals surface area contributed by atoms with Crippen molar-refractivity contribution in [2.75, 3.05) is 13.2 Å². The van der Waals surface area contributed by atoms with Gasteiger partial charge in [0, 0.05) is 6.54 Å². The number of sulfonamides is 2. The van der Waals surface area contributed by atoms with Gasteiger partial charge in [0.25, 0.3) is 0 Å². The molecule has 1 fully saturated rings. The third-order valence-corrected chi connectivity index (χ3v) is 8.01. The Balaban J connectivity index is 1.49. The standard InChI is InChI=1S/C21H28N2O6S2/c24-15-21-20(23-31(27,28)19-9-5-2-6-10-19)12-11-18(29-21)13-14-22-30(25,26)16-17-7-3-1-4-8-17/h1-10,18,20-24H,11-16H2/t18-,20+,21-/m0/s1. The molecule has 2 aromatic carbocycles. The van der Waals surface area contributed by atoms with E-state index in [1.807, 2.05) is 6.07 Å². The van der Waals surface area contributed by atoms with Crippen molar-refractivity contribution in [2.24, 2.45) is 0 Å². The molecular weight excluding hydrogens is 440 g/mol. The molecule has 0 amide bonds. The van der Waals surface area contributed by atoms with Gasteiger partial charge in [-0.15, -0.1) is 0 Å². The smallest absolute Gasteiger partial charge is 0.240 e. The van der Waals surface area contributed by atoms with Gasteiger partial charge >= 0.3 is 0 Å². The van der Waals surface area contributed by atoms with Crippen LogP contribution >= 0.6 is 0 Å². The lowest BCUT2D eigenvalue weighted by molar-refractivity contribution is -0.0869. The first-order chi connectivity index (χ1) is 14.8. The van der Waals surface area contributed by atoms with E-state index in [-0.39, 0.29) is 29.9 Å². The third-order valence-electron chi connectivity index (χ3n) is 5.14. The van der Waals surface area contributed by atoms with Gasteiger partial charge in [-0.25, -0.2) is 26.3 Å². The molecule has 3 atom stereocenters. The van der Waals surface area contributed by atoms with Crippen LogP contribution in [-0.2, 0) is 30.5 Å². The average Bonchev–Trinajstić information content (AvgIpc) is 2.75.